The fourth-order valence-electron chi connectivity index (χ4n) is 1.59. The van der Waals surface area contributed by atoms with Crippen molar-refractivity contribution in [1.82, 2.24) is 4.90 Å². The summed E-state index contributed by atoms with van der Waals surface area (Å²) >= 11 is 0. The Balaban J connectivity index is 2.41. The molecule has 0 radical (unpaired) electrons. The van der Waals surface area contributed by atoms with Gasteiger partial charge in [-0.2, -0.15) is 0 Å². The molecule has 0 aromatic heterocycles. The van der Waals surface area contributed by atoms with Crippen LogP contribution in [0.3, 0.4) is 0 Å². The quantitative estimate of drug-likeness (QED) is 0.671. The van der Waals surface area contributed by atoms with Crippen molar-refractivity contribution < 1.29 is 9.90 Å². The maximum atomic E-state index is 11.3. The molecule has 70 valence electrons. The van der Waals surface area contributed by atoms with E-state index in [4.69, 9.17) is 5.11 Å². The van der Waals surface area contributed by atoms with Gasteiger partial charge < -0.3 is 10.0 Å². The molecule has 1 atom stereocenters. The van der Waals surface area contributed by atoms with Gasteiger partial charge in [-0.3, -0.25) is 4.79 Å². The molecule has 1 heterocycles. The maximum absolute atomic E-state index is 11.3. The molecular weight excluding hydrogens is 154 g/mol. The second-order valence-corrected chi connectivity index (χ2v) is 3.95. The van der Waals surface area contributed by atoms with Crippen LogP contribution in [-0.4, -0.2) is 35.6 Å². The normalized spacial score (nSPS) is 24.2. The molecule has 1 amide bonds. The Morgan fingerprint density at radius 1 is 1.67 bits per heavy atom. The average molecular weight is 171 g/mol. The van der Waals surface area contributed by atoms with E-state index in [2.05, 4.69) is 13.8 Å². The van der Waals surface area contributed by atoms with Crippen LogP contribution < -0.4 is 0 Å². The largest absolute Gasteiger partial charge is 0.396 e. The van der Waals surface area contributed by atoms with E-state index in [1.165, 1.54) is 0 Å². The van der Waals surface area contributed by atoms with Gasteiger partial charge in [0.25, 0.3) is 0 Å². The van der Waals surface area contributed by atoms with Gasteiger partial charge in [0, 0.05) is 32.0 Å². The lowest BCUT2D eigenvalue weighted by Crippen LogP contribution is -2.29. The summed E-state index contributed by atoms with van der Waals surface area (Å²) in [6.07, 6.45) is 0.531. The molecule has 1 N–H and O–H groups in total. The molecule has 0 aromatic rings. The Labute approximate surface area is 73.4 Å². The summed E-state index contributed by atoms with van der Waals surface area (Å²) in [6, 6.07) is 0. The summed E-state index contributed by atoms with van der Waals surface area (Å²) in [5.41, 5.74) is 0. The number of amides is 1. The van der Waals surface area contributed by atoms with Crippen molar-refractivity contribution in [1.29, 1.82) is 0 Å². The van der Waals surface area contributed by atoms with Gasteiger partial charge in [0.1, 0.15) is 0 Å². The Kier molecular flexibility index (Phi) is 3.09. The van der Waals surface area contributed by atoms with Crippen LogP contribution in [0.5, 0.6) is 0 Å². The summed E-state index contributed by atoms with van der Waals surface area (Å²) in [5, 5.41) is 8.86. The standard InChI is InChI=1S/C9H17NO2/c1-7(2)4-10-5-8(6-11)3-9(10)12/h7-8,11H,3-6H2,1-2H3. The van der Waals surface area contributed by atoms with Crippen molar-refractivity contribution in [3.05, 3.63) is 0 Å². The molecule has 1 rings (SSSR count). The van der Waals surface area contributed by atoms with E-state index < -0.39 is 0 Å². The molecule has 3 heteroatoms. The van der Waals surface area contributed by atoms with Crippen molar-refractivity contribution in [3.8, 4) is 0 Å². The van der Waals surface area contributed by atoms with Crippen LogP contribution in [-0.2, 0) is 4.79 Å². The van der Waals surface area contributed by atoms with Crippen molar-refractivity contribution in [2.75, 3.05) is 19.7 Å². The summed E-state index contributed by atoms with van der Waals surface area (Å²) in [5.74, 6) is 0.894. The predicted octanol–water partition coefficient (Wildman–Crippen LogP) is 0.483. The van der Waals surface area contributed by atoms with Gasteiger partial charge in [-0.05, 0) is 5.92 Å². The van der Waals surface area contributed by atoms with Gasteiger partial charge in [-0.15, -0.1) is 0 Å². The zero-order chi connectivity index (χ0) is 9.14. The lowest BCUT2D eigenvalue weighted by atomic mass is 10.1. The Morgan fingerprint density at radius 3 is 2.75 bits per heavy atom. The van der Waals surface area contributed by atoms with Gasteiger partial charge in [0.2, 0.25) is 5.91 Å². The smallest absolute Gasteiger partial charge is 0.223 e. The van der Waals surface area contributed by atoms with E-state index in [0.29, 0.717) is 12.3 Å². The van der Waals surface area contributed by atoms with Crippen molar-refractivity contribution in [2.45, 2.75) is 20.3 Å². The first kappa shape index (κ1) is 9.52. The molecule has 1 fully saturated rings. The van der Waals surface area contributed by atoms with Gasteiger partial charge in [-0.25, -0.2) is 0 Å². The molecule has 1 aliphatic heterocycles. The molecule has 0 bridgehead atoms. The number of hydrogen-bond acceptors (Lipinski definition) is 2. The summed E-state index contributed by atoms with van der Waals surface area (Å²) in [6.45, 7) is 5.91. The third kappa shape index (κ3) is 2.21. The molecule has 1 saturated heterocycles. The summed E-state index contributed by atoms with van der Waals surface area (Å²) in [4.78, 5) is 13.1. The van der Waals surface area contributed by atoms with Gasteiger partial charge in [0.05, 0.1) is 0 Å². The molecule has 0 aliphatic carbocycles. The lowest BCUT2D eigenvalue weighted by molar-refractivity contribution is -0.128. The number of rotatable bonds is 3. The fraction of sp³-hybridized carbons (Fsp3) is 0.889. The number of likely N-dealkylation sites (tertiary alicyclic amines) is 1. The van der Waals surface area contributed by atoms with Crippen LogP contribution in [0.2, 0.25) is 0 Å². The second-order valence-electron chi connectivity index (χ2n) is 3.95. The van der Waals surface area contributed by atoms with Crippen LogP contribution in [0.15, 0.2) is 0 Å². The molecule has 12 heavy (non-hydrogen) atoms. The van der Waals surface area contributed by atoms with Crippen molar-refractivity contribution in [3.63, 3.8) is 0 Å². The van der Waals surface area contributed by atoms with E-state index in [1.54, 1.807) is 0 Å². The van der Waals surface area contributed by atoms with Crippen molar-refractivity contribution in [2.24, 2.45) is 11.8 Å². The molecule has 0 spiro atoms. The van der Waals surface area contributed by atoms with E-state index in [9.17, 15) is 4.79 Å². The second kappa shape index (κ2) is 3.90. The number of aliphatic hydroxyl groups excluding tert-OH is 1. The van der Waals surface area contributed by atoms with Gasteiger partial charge in [0.15, 0.2) is 0 Å². The van der Waals surface area contributed by atoms with E-state index in [1.807, 2.05) is 4.90 Å². The average Bonchev–Trinajstić information content (AvgIpc) is 2.31. The number of carbonyl (C=O) groups is 1. The van der Waals surface area contributed by atoms with Crippen LogP contribution in [0.25, 0.3) is 0 Å². The minimum absolute atomic E-state index is 0.139. The highest BCUT2D eigenvalue weighted by atomic mass is 16.3. The van der Waals surface area contributed by atoms with Crippen LogP contribution in [0.1, 0.15) is 20.3 Å². The molecule has 0 saturated carbocycles. The summed E-state index contributed by atoms with van der Waals surface area (Å²) < 4.78 is 0. The number of carbonyl (C=O) groups excluding carboxylic acids is 1. The molecule has 1 unspecified atom stereocenters. The fourth-order valence-corrected chi connectivity index (χ4v) is 1.59. The van der Waals surface area contributed by atoms with Gasteiger partial charge >= 0.3 is 0 Å². The first-order chi connectivity index (χ1) is 5.63. The molecule has 3 nitrogen and oxygen atoms in total. The van der Waals surface area contributed by atoms with E-state index in [-0.39, 0.29) is 18.4 Å². The Bertz CT molecular complexity index is 168. The van der Waals surface area contributed by atoms with Crippen LogP contribution >= 0.6 is 0 Å². The third-order valence-electron chi connectivity index (χ3n) is 2.14. The molecule has 0 aromatic carbocycles. The van der Waals surface area contributed by atoms with E-state index >= 15 is 0 Å². The van der Waals surface area contributed by atoms with Crippen LogP contribution in [0.4, 0.5) is 0 Å². The number of nitrogens with zero attached hydrogens (tertiary/aromatic N) is 1. The van der Waals surface area contributed by atoms with Gasteiger partial charge in [-0.1, -0.05) is 13.8 Å². The maximum Gasteiger partial charge on any atom is 0.223 e. The monoisotopic (exact) mass is 171 g/mol. The first-order valence-corrected chi connectivity index (χ1v) is 4.52. The zero-order valence-corrected chi connectivity index (χ0v) is 7.79. The minimum atomic E-state index is 0.139. The number of hydrogen-bond donors (Lipinski definition) is 1. The topological polar surface area (TPSA) is 40.5 Å². The highest BCUT2D eigenvalue weighted by Gasteiger charge is 2.28. The van der Waals surface area contributed by atoms with Crippen molar-refractivity contribution >= 4 is 5.91 Å². The zero-order valence-electron chi connectivity index (χ0n) is 7.79. The SMILES string of the molecule is CC(C)CN1CC(CO)CC1=O. The van der Waals surface area contributed by atoms with Crippen LogP contribution in [0, 0.1) is 11.8 Å². The minimum Gasteiger partial charge on any atom is -0.396 e. The summed E-state index contributed by atoms with van der Waals surface area (Å²) in [7, 11) is 0. The number of aliphatic hydroxyl groups is 1. The Hall–Kier alpha value is -0.570. The predicted molar refractivity (Wildman–Crippen MR) is 46.6 cm³/mol. The van der Waals surface area contributed by atoms with E-state index in [0.717, 1.165) is 13.1 Å². The first-order valence-electron chi connectivity index (χ1n) is 4.52. The molecular formula is C9H17NO2. The highest BCUT2D eigenvalue weighted by molar-refractivity contribution is 5.78. The highest BCUT2D eigenvalue weighted by Crippen LogP contribution is 2.17. The lowest BCUT2D eigenvalue weighted by Gasteiger charge is -2.18. The Morgan fingerprint density at radius 2 is 2.33 bits per heavy atom. The molecule has 1 aliphatic rings. The third-order valence-corrected chi connectivity index (χ3v) is 2.14.